The van der Waals surface area contributed by atoms with Crippen LogP contribution in [-0.4, -0.2) is 11.1 Å². The number of nitrogen functional groups attached to an aromatic ring is 2. The molecule has 0 unspecified atom stereocenters. The maximum absolute atomic E-state index is 9.00. The van der Waals surface area contributed by atoms with E-state index in [9.17, 15) is 0 Å². The predicted octanol–water partition coefficient (Wildman–Crippen LogP) is 3.97. The van der Waals surface area contributed by atoms with Crippen molar-refractivity contribution in [3.05, 3.63) is 47.5 Å². The van der Waals surface area contributed by atoms with Gasteiger partial charge in [-0.05, 0) is 43.2 Å². The van der Waals surface area contributed by atoms with Gasteiger partial charge in [-0.25, -0.2) is 0 Å². The van der Waals surface area contributed by atoms with Gasteiger partial charge in [0.2, 0.25) is 0 Å². The van der Waals surface area contributed by atoms with Crippen molar-refractivity contribution in [2.75, 3.05) is 11.5 Å². The summed E-state index contributed by atoms with van der Waals surface area (Å²) in [6.45, 7) is 4.95. The van der Waals surface area contributed by atoms with Crippen molar-refractivity contribution >= 4 is 28.7 Å². The number of nitrogens with two attached hydrogens (primary N) is 2. The first kappa shape index (κ1) is 17.2. The molecule has 0 aliphatic carbocycles. The molecule has 0 aliphatic heterocycles. The first-order valence-electron chi connectivity index (χ1n) is 6.64. The molecule has 22 heavy (non-hydrogen) atoms. The van der Waals surface area contributed by atoms with E-state index in [1.807, 2.05) is 38.1 Å². The van der Waals surface area contributed by atoms with Crippen LogP contribution in [-0.2, 0) is 4.79 Å². The summed E-state index contributed by atoms with van der Waals surface area (Å²) < 4.78 is 0. The number of anilines is 2. The van der Waals surface area contributed by atoms with Crippen LogP contribution in [0.4, 0.5) is 22.7 Å². The number of carbonyl (C=O) groups is 1. The van der Waals surface area contributed by atoms with Gasteiger partial charge >= 0.3 is 0 Å². The number of aliphatic carboxylic acids is 1. The lowest BCUT2D eigenvalue weighted by Gasteiger charge is -2.06. The smallest absolute Gasteiger partial charge is 0.300 e. The molecule has 5 N–H and O–H groups in total. The Labute approximate surface area is 129 Å². The Morgan fingerprint density at radius 2 is 1.55 bits per heavy atom. The van der Waals surface area contributed by atoms with Gasteiger partial charge in [-0.15, -0.1) is 5.11 Å². The van der Waals surface area contributed by atoms with Gasteiger partial charge in [0.25, 0.3) is 5.97 Å². The normalized spacial score (nSPS) is 10.1. The highest BCUT2D eigenvalue weighted by Crippen LogP contribution is 2.31. The van der Waals surface area contributed by atoms with Crippen molar-refractivity contribution in [3.63, 3.8) is 0 Å². The molecule has 116 valence electrons. The maximum atomic E-state index is 9.00. The summed E-state index contributed by atoms with van der Waals surface area (Å²) >= 11 is 0. The van der Waals surface area contributed by atoms with Crippen LogP contribution in [0.25, 0.3) is 0 Å². The zero-order chi connectivity index (χ0) is 16.7. The summed E-state index contributed by atoms with van der Waals surface area (Å²) in [7, 11) is 0. The maximum Gasteiger partial charge on any atom is 0.300 e. The molecule has 0 aromatic heterocycles. The number of carboxylic acid groups (broad SMARTS) is 1. The van der Waals surface area contributed by atoms with E-state index < -0.39 is 5.97 Å². The average Bonchev–Trinajstić information content (AvgIpc) is 2.45. The van der Waals surface area contributed by atoms with Crippen molar-refractivity contribution in [2.45, 2.75) is 20.8 Å². The van der Waals surface area contributed by atoms with E-state index >= 15 is 0 Å². The minimum atomic E-state index is -0.833. The summed E-state index contributed by atoms with van der Waals surface area (Å²) in [5.41, 5.74) is 16.4. The van der Waals surface area contributed by atoms with Crippen LogP contribution in [0.2, 0.25) is 0 Å². The van der Waals surface area contributed by atoms with Crippen LogP contribution in [0.3, 0.4) is 0 Å². The second-order valence-electron chi connectivity index (χ2n) is 4.72. The Bertz CT molecular complexity index is 693. The van der Waals surface area contributed by atoms with Gasteiger partial charge in [-0.1, -0.05) is 18.2 Å². The molecular weight excluding hydrogens is 280 g/mol. The average molecular weight is 300 g/mol. The number of rotatable bonds is 2. The molecule has 0 fully saturated rings. The summed E-state index contributed by atoms with van der Waals surface area (Å²) in [6, 6.07) is 11.4. The number of hydrogen-bond acceptors (Lipinski definition) is 5. The lowest BCUT2D eigenvalue weighted by molar-refractivity contribution is -0.134. The Kier molecular flexibility index (Phi) is 6.07. The van der Waals surface area contributed by atoms with Crippen molar-refractivity contribution in [1.82, 2.24) is 0 Å². The molecule has 0 saturated carbocycles. The number of hydrogen-bond donors (Lipinski definition) is 3. The van der Waals surface area contributed by atoms with Crippen molar-refractivity contribution in [3.8, 4) is 0 Å². The van der Waals surface area contributed by atoms with Crippen molar-refractivity contribution < 1.29 is 9.90 Å². The topological polar surface area (TPSA) is 114 Å². The van der Waals surface area contributed by atoms with Gasteiger partial charge < -0.3 is 16.6 Å². The van der Waals surface area contributed by atoms with E-state index in [1.165, 1.54) is 0 Å². The zero-order valence-corrected chi connectivity index (χ0v) is 12.9. The molecule has 2 rings (SSSR count). The fourth-order valence-corrected chi connectivity index (χ4v) is 1.60. The van der Waals surface area contributed by atoms with Crippen LogP contribution >= 0.6 is 0 Å². The molecule has 2 aromatic rings. The molecule has 2 aromatic carbocycles. The fourth-order valence-electron chi connectivity index (χ4n) is 1.60. The van der Waals surface area contributed by atoms with Crippen LogP contribution < -0.4 is 11.5 Å². The van der Waals surface area contributed by atoms with Gasteiger partial charge in [0.15, 0.2) is 0 Å². The summed E-state index contributed by atoms with van der Waals surface area (Å²) in [5.74, 6) is -0.833. The molecule has 0 atom stereocenters. The number of carboxylic acids is 1. The van der Waals surface area contributed by atoms with Gasteiger partial charge in [0.05, 0.1) is 11.4 Å². The monoisotopic (exact) mass is 300 g/mol. The second kappa shape index (κ2) is 7.78. The van der Waals surface area contributed by atoms with Gasteiger partial charge in [0, 0.05) is 12.6 Å². The molecule has 0 aliphatic rings. The van der Waals surface area contributed by atoms with E-state index in [1.54, 1.807) is 12.1 Å². The van der Waals surface area contributed by atoms with E-state index in [2.05, 4.69) is 10.2 Å². The zero-order valence-electron chi connectivity index (χ0n) is 12.9. The summed E-state index contributed by atoms with van der Waals surface area (Å²) in [4.78, 5) is 9.00. The van der Waals surface area contributed by atoms with Crippen molar-refractivity contribution in [1.29, 1.82) is 0 Å². The Morgan fingerprint density at radius 3 is 2.14 bits per heavy atom. The molecule has 0 saturated heterocycles. The number of aryl methyl sites for hydroxylation is 1. The standard InChI is InChI=1S/C14H16N4.C2H4O2/c1-9-5-3-4-6-12(9)17-18-13-8-7-11(15)10(2)14(13)16;1-2(3)4/h3-8H,15-16H2,1-2H3;1H3,(H,3,4). The minimum absolute atomic E-state index is 0.576. The Morgan fingerprint density at radius 1 is 1.00 bits per heavy atom. The number of azo groups is 1. The fraction of sp³-hybridized carbons (Fsp3) is 0.188. The summed E-state index contributed by atoms with van der Waals surface area (Å²) in [6.07, 6.45) is 0. The van der Waals surface area contributed by atoms with Crippen LogP contribution in [0.15, 0.2) is 46.6 Å². The first-order valence-corrected chi connectivity index (χ1v) is 6.64. The number of benzene rings is 2. The molecule has 0 radical (unpaired) electrons. The lowest BCUT2D eigenvalue weighted by Crippen LogP contribution is -1.95. The lowest BCUT2D eigenvalue weighted by atomic mass is 10.1. The second-order valence-corrected chi connectivity index (χ2v) is 4.72. The van der Waals surface area contributed by atoms with Gasteiger partial charge in [-0.3, -0.25) is 4.79 Å². The molecular formula is C16H20N4O2. The highest BCUT2D eigenvalue weighted by Gasteiger charge is 2.04. The largest absolute Gasteiger partial charge is 0.481 e. The van der Waals surface area contributed by atoms with Crippen LogP contribution in [0.5, 0.6) is 0 Å². The Hall–Kier alpha value is -2.89. The van der Waals surface area contributed by atoms with E-state index in [-0.39, 0.29) is 0 Å². The van der Waals surface area contributed by atoms with Gasteiger partial charge in [-0.2, -0.15) is 5.11 Å². The van der Waals surface area contributed by atoms with E-state index in [4.69, 9.17) is 21.4 Å². The van der Waals surface area contributed by atoms with Crippen LogP contribution in [0, 0.1) is 13.8 Å². The highest BCUT2D eigenvalue weighted by molar-refractivity contribution is 5.73. The Balaban J connectivity index is 0.000000541. The molecule has 0 amide bonds. The number of nitrogens with zero attached hydrogens (tertiary/aromatic N) is 2. The third-order valence-corrected chi connectivity index (χ3v) is 2.91. The minimum Gasteiger partial charge on any atom is -0.481 e. The third-order valence-electron chi connectivity index (χ3n) is 2.91. The molecule has 0 bridgehead atoms. The van der Waals surface area contributed by atoms with Crippen LogP contribution in [0.1, 0.15) is 18.1 Å². The third kappa shape index (κ3) is 4.90. The van der Waals surface area contributed by atoms with E-state index in [0.717, 1.165) is 23.7 Å². The molecule has 6 heteroatoms. The molecule has 6 nitrogen and oxygen atoms in total. The molecule has 0 heterocycles. The van der Waals surface area contributed by atoms with Gasteiger partial charge in [0.1, 0.15) is 5.69 Å². The SMILES string of the molecule is CC(=O)O.Cc1ccccc1N=Nc1ccc(N)c(C)c1N. The van der Waals surface area contributed by atoms with Crippen molar-refractivity contribution in [2.24, 2.45) is 10.2 Å². The molecule has 0 spiro atoms. The van der Waals surface area contributed by atoms with E-state index in [0.29, 0.717) is 17.1 Å². The first-order chi connectivity index (χ1) is 10.3. The predicted molar refractivity (Wildman–Crippen MR) is 88.7 cm³/mol. The highest BCUT2D eigenvalue weighted by atomic mass is 16.4. The quantitative estimate of drug-likeness (QED) is 0.575. The summed E-state index contributed by atoms with van der Waals surface area (Å²) in [5, 5.41) is 15.8.